The van der Waals surface area contributed by atoms with Gasteiger partial charge in [0.2, 0.25) is 5.91 Å². The highest BCUT2D eigenvalue weighted by atomic mass is 16.2. The molecular formula is C21H23N3O2. The summed E-state index contributed by atoms with van der Waals surface area (Å²) in [5, 5.41) is 6.82. The number of rotatable bonds is 7. The van der Waals surface area contributed by atoms with Crippen molar-refractivity contribution in [1.29, 1.82) is 0 Å². The molecule has 134 valence electrons. The van der Waals surface area contributed by atoms with Crippen molar-refractivity contribution in [2.75, 3.05) is 6.54 Å². The molecule has 1 unspecified atom stereocenters. The lowest BCUT2D eigenvalue weighted by molar-refractivity contribution is -0.122. The molecule has 0 spiro atoms. The van der Waals surface area contributed by atoms with Crippen molar-refractivity contribution in [1.82, 2.24) is 15.2 Å². The predicted molar refractivity (Wildman–Crippen MR) is 103 cm³/mol. The average molecular weight is 349 g/mol. The highest BCUT2D eigenvalue weighted by Crippen LogP contribution is 2.15. The van der Waals surface area contributed by atoms with Gasteiger partial charge in [0, 0.05) is 30.4 Å². The Bertz CT molecular complexity index is 886. The highest BCUT2D eigenvalue weighted by molar-refractivity contribution is 5.97. The van der Waals surface area contributed by atoms with E-state index in [0.29, 0.717) is 12.1 Å². The lowest BCUT2D eigenvalue weighted by Crippen LogP contribution is -2.45. The molecule has 0 aliphatic rings. The Hall–Kier alpha value is -3.08. The fraction of sp³-hybridized carbons (Fsp3) is 0.238. The van der Waals surface area contributed by atoms with Crippen molar-refractivity contribution < 1.29 is 9.59 Å². The summed E-state index contributed by atoms with van der Waals surface area (Å²) in [5.74, 6) is -0.418. The third-order valence-corrected chi connectivity index (χ3v) is 4.33. The third kappa shape index (κ3) is 4.30. The summed E-state index contributed by atoms with van der Waals surface area (Å²) in [4.78, 5) is 24.2. The summed E-state index contributed by atoms with van der Waals surface area (Å²) in [5.41, 5.74) is 1.74. The Labute approximate surface area is 153 Å². The van der Waals surface area contributed by atoms with Gasteiger partial charge in [-0.15, -0.1) is 0 Å². The third-order valence-electron chi connectivity index (χ3n) is 4.33. The van der Waals surface area contributed by atoms with E-state index in [4.69, 9.17) is 0 Å². The van der Waals surface area contributed by atoms with Gasteiger partial charge >= 0.3 is 0 Å². The van der Waals surface area contributed by atoms with Gasteiger partial charge in [-0.2, -0.15) is 0 Å². The summed E-state index contributed by atoms with van der Waals surface area (Å²) in [7, 11) is 0. The molecule has 26 heavy (non-hydrogen) atoms. The van der Waals surface area contributed by atoms with E-state index in [1.807, 2.05) is 18.2 Å². The maximum absolute atomic E-state index is 12.2. The van der Waals surface area contributed by atoms with Gasteiger partial charge in [0.15, 0.2) is 0 Å². The maximum atomic E-state index is 12.2. The van der Waals surface area contributed by atoms with E-state index >= 15 is 0 Å². The van der Waals surface area contributed by atoms with Crippen molar-refractivity contribution in [2.45, 2.75) is 25.9 Å². The average Bonchev–Trinajstić information content (AvgIpc) is 3.09. The molecule has 3 aromatic rings. The van der Waals surface area contributed by atoms with E-state index in [9.17, 15) is 9.59 Å². The number of para-hydroxylation sites is 1. The van der Waals surface area contributed by atoms with Gasteiger partial charge in [0.1, 0.15) is 6.04 Å². The molecule has 0 bridgehead atoms. The van der Waals surface area contributed by atoms with Crippen LogP contribution in [0, 0.1) is 0 Å². The van der Waals surface area contributed by atoms with Crippen LogP contribution in [-0.2, 0) is 11.3 Å². The number of carbonyl (C=O) groups is 2. The van der Waals surface area contributed by atoms with Gasteiger partial charge in [0.25, 0.3) is 5.91 Å². The van der Waals surface area contributed by atoms with Crippen molar-refractivity contribution in [3.05, 3.63) is 72.4 Å². The quantitative estimate of drug-likeness (QED) is 0.644. The molecule has 2 N–H and O–H groups in total. The monoisotopic (exact) mass is 349 g/mol. The largest absolute Gasteiger partial charge is 0.354 e. The predicted octanol–water partition coefficient (Wildman–Crippen LogP) is 2.97. The van der Waals surface area contributed by atoms with Gasteiger partial charge in [-0.3, -0.25) is 9.59 Å². The highest BCUT2D eigenvalue weighted by Gasteiger charge is 2.15. The molecule has 0 aliphatic carbocycles. The lowest BCUT2D eigenvalue weighted by atomic mass is 10.2. The van der Waals surface area contributed by atoms with E-state index in [1.165, 1.54) is 10.9 Å². The number of amides is 2. The number of fused-ring (bicyclic) bond motifs is 1. The first-order valence-electron chi connectivity index (χ1n) is 8.82. The minimum Gasteiger partial charge on any atom is -0.354 e. The number of nitrogens with one attached hydrogen (secondary N) is 2. The summed E-state index contributed by atoms with van der Waals surface area (Å²) in [6, 6.07) is 18.6. The fourth-order valence-electron chi connectivity index (χ4n) is 2.88. The van der Waals surface area contributed by atoms with Crippen LogP contribution in [0.15, 0.2) is 66.9 Å². The van der Waals surface area contributed by atoms with Gasteiger partial charge in [-0.05, 0) is 43.0 Å². The number of hydrogen-bond acceptors (Lipinski definition) is 2. The zero-order chi connectivity index (χ0) is 18.4. The van der Waals surface area contributed by atoms with E-state index in [1.54, 1.807) is 31.2 Å². The Morgan fingerprint density at radius 3 is 2.54 bits per heavy atom. The molecule has 0 fully saturated rings. The van der Waals surface area contributed by atoms with Gasteiger partial charge < -0.3 is 15.2 Å². The lowest BCUT2D eigenvalue weighted by Gasteiger charge is -2.14. The molecule has 1 heterocycles. The number of nitrogens with zero attached hydrogens (tertiary/aromatic N) is 1. The second-order valence-electron chi connectivity index (χ2n) is 6.27. The van der Waals surface area contributed by atoms with Crippen LogP contribution in [0.1, 0.15) is 23.7 Å². The summed E-state index contributed by atoms with van der Waals surface area (Å²) >= 11 is 0. The molecule has 1 atom stereocenters. The second-order valence-corrected chi connectivity index (χ2v) is 6.27. The van der Waals surface area contributed by atoms with Crippen LogP contribution in [0.2, 0.25) is 0 Å². The SMILES string of the molecule is CC(NC(=O)c1ccccc1)C(=O)NCCCn1ccc2ccccc21. The second kappa shape index (κ2) is 8.34. The molecule has 5 nitrogen and oxygen atoms in total. The summed E-state index contributed by atoms with van der Waals surface area (Å²) < 4.78 is 2.18. The van der Waals surface area contributed by atoms with Crippen LogP contribution in [0.5, 0.6) is 0 Å². The zero-order valence-electron chi connectivity index (χ0n) is 14.8. The standard InChI is InChI=1S/C21H23N3O2/c1-16(23-21(26)18-9-3-2-4-10-18)20(25)22-13-7-14-24-15-12-17-8-5-6-11-19(17)24/h2-6,8-12,15-16H,7,13-14H2,1H3,(H,22,25)(H,23,26). The summed E-state index contributed by atoms with van der Waals surface area (Å²) in [6.45, 7) is 3.09. The molecule has 3 rings (SSSR count). The molecule has 0 saturated carbocycles. The van der Waals surface area contributed by atoms with Crippen LogP contribution < -0.4 is 10.6 Å². The minimum atomic E-state index is -0.574. The van der Waals surface area contributed by atoms with Crippen LogP contribution in [0.25, 0.3) is 10.9 Å². The number of carbonyl (C=O) groups excluding carboxylic acids is 2. The van der Waals surface area contributed by atoms with Crippen LogP contribution in [0.4, 0.5) is 0 Å². The molecule has 0 radical (unpaired) electrons. The van der Waals surface area contributed by atoms with Crippen LogP contribution in [0.3, 0.4) is 0 Å². The number of hydrogen-bond donors (Lipinski definition) is 2. The van der Waals surface area contributed by atoms with Crippen molar-refractivity contribution in [3.8, 4) is 0 Å². The smallest absolute Gasteiger partial charge is 0.251 e. The van der Waals surface area contributed by atoms with Crippen molar-refractivity contribution in [2.24, 2.45) is 0 Å². The Balaban J connectivity index is 1.43. The van der Waals surface area contributed by atoms with Crippen LogP contribution in [-0.4, -0.2) is 29.0 Å². The normalized spacial score (nSPS) is 11.9. The first kappa shape index (κ1) is 17.7. The number of aryl methyl sites for hydroxylation is 1. The molecule has 2 amide bonds. The molecule has 0 saturated heterocycles. The van der Waals surface area contributed by atoms with E-state index in [0.717, 1.165) is 13.0 Å². The molecular weight excluding hydrogens is 326 g/mol. The first-order valence-corrected chi connectivity index (χ1v) is 8.82. The van der Waals surface area contributed by atoms with Gasteiger partial charge in [-0.1, -0.05) is 36.4 Å². The molecule has 5 heteroatoms. The maximum Gasteiger partial charge on any atom is 0.251 e. The minimum absolute atomic E-state index is 0.174. The fourth-order valence-corrected chi connectivity index (χ4v) is 2.88. The van der Waals surface area contributed by atoms with Crippen molar-refractivity contribution >= 4 is 22.7 Å². The molecule has 1 aromatic heterocycles. The number of aromatic nitrogens is 1. The summed E-state index contributed by atoms with van der Waals surface area (Å²) in [6.07, 6.45) is 2.89. The number of benzene rings is 2. The van der Waals surface area contributed by atoms with E-state index in [2.05, 4.69) is 39.6 Å². The van der Waals surface area contributed by atoms with E-state index < -0.39 is 6.04 Å². The van der Waals surface area contributed by atoms with Crippen LogP contribution >= 0.6 is 0 Å². The van der Waals surface area contributed by atoms with Crippen molar-refractivity contribution in [3.63, 3.8) is 0 Å². The van der Waals surface area contributed by atoms with E-state index in [-0.39, 0.29) is 11.8 Å². The topological polar surface area (TPSA) is 63.1 Å². The molecule has 0 aliphatic heterocycles. The van der Waals surface area contributed by atoms with Gasteiger partial charge in [-0.25, -0.2) is 0 Å². The first-order chi connectivity index (χ1) is 12.6. The Morgan fingerprint density at radius 2 is 1.73 bits per heavy atom. The Morgan fingerprint density at radius 1 is 1.00 bits per heavy atom. The Kier molecular flexibility index (Phi) is 5.69. The van der Waals surface area contributed by atoms with Gasteiger partial charge in [0.05, 0.1) is 0 Å². The molecule has 2 aromatic carbocycles. The zero-order valence-corrected chi connectivity index (χ0v) is 14.8.